The summed E-state index contributed by atoms with van der Waals surface area (Å²) in [6.45, 7) is 4.76. The van der Waals surface area contributed by atoms with Crippen LogP contribution in [0, 0.1) is 0 Å². The van der Waals surface area contributed by atoms with Crippen LogP contribution in [0.15, 0.2) is 238 Å². The van der Waals surface area contributed by atoms with Crippen molar-refractivity contribution in [3.8, 4) is 22.5 Å². The van der Waals surface area contributed by atoms with Crippen LogP contribution >= 0.6 is 10.0 Å². The molecule has 11 aromatic rings. The Kier molecular flexibility index (Phi) is 7.70. The van der Waals surface area contributed by atoms with Crippen molar-refractivity contribution in [1.29, 1.82) is 0 Å². The van der Waals surface area contributed by atoms with E-state index in [1.807, 2.05) is 0 Å². The van der Waals surface area contributed by atoms with Crippen LogP contribution in [0.25, 0.3) is 66.1 Å². The maximum atomic E-state index is 2.52. The second-order valence-electron chi connectivity index (χ2n) is 16.5. The molecule has 2 heterocycles. The van der Waals surface area contributed by atoms with Gasteiger partial charge < -0.3 is 9.13 Å². The third kappa shape index (κ3) is 4.84. The molecule has 286 valence electrons. The summed E-state index contributed by atoms with van der Waals surface area (Å²) in [6.07, 6.45) is 0. The van der Waals surface area contributed by atoms with Crippen LogP contribution in [-0.4, -0.2) is 9.13 Å². The van der Waals surface area contributed by atoms with E-state index in [4.69, 9.17) is 0 Å². The molecule has 0 amide bonds. The third-order valence-electron chi connectivity index (χ3n) is 13.0. The lowest BCUT2D eigenvalue weighted by atomic mass is 9.82. The molecule has 12 rings (SSSR count). The van der Waals surface area contributed by atoms with Crippen LogP contribution in [0.5, 0.6) is 0 Å². The molecular weight excluding hydrogens is 745 g/mol. The summed E-state index contributed by atoms with van der Waals surface area (Å²) in [5.41, 5.74) is 12.6. The molecule has 2 aromatic heterocycles. The van der Waals surface area contributed by atoms with Gasteiger partial charge >= 0.3 is 0 Å². The van der Waals surface area contributed by atoms with E-state index < -0.39 is 10.0 Å². The molecule has 0 atom stereocenters. The van der Waals surface area contributed by atoms with E-state index in [0.29, 0.717) is 0 Å². The van der Waals surface area contributed by atoms with Crippen LogP contribution in [0.1, 0.15) is 25.0 Å². The van der Waals surface area contributed by atoms with Crippen molar-refractivity contribution < 1.29 is 0 Å². The zero-order valence-corrected chi connectivity index (χ0v) is 34.4. The van der Waals surface area contributed by atoms with E-state index >= 15 is 0 Å². The highest BCUT2D eigenvalue weighted by Crippen LogP contribution is 2.75. The zero-order valence-electron chi connectivity index (χ0n) is 33.6. The fourth-order valence-corrected chi connectivity index (χ4v) is 14.4. The molecule has 0 bridgehead atoms. The number of fused-ring (bicyclic) bond motifs is 9. The van der Waals surface area contributed by atoms with Gasteiger partial charge in [0.1, 0.15) is 0 Å². The van der Waals surface area contributed by atoms with Crippen molar-refractivity contribution in [3.63, 3.8) is 0 Å². The number of hydrogen-bond acceptors (Lipinski definition) is 0. The average Bonchev–Trinajstić information content (AvgIpc) is 3.90. The Morgan fingerprint density at radius 2 is 0.883 bits per heavy atom. The molecule has 1 aliphatic carbocycles. The molecule has 0 spiro atoms. The number of rotatable bonds is 6. The largest absolute Gasteiger partial charge is 0.309 e. The lowest BCUT2D eigenvalue weighted by molar-refractivity contribution is 0.661. The second kappa shape index (κ2) is 13.2. The van der Waals surface area contributed by atoms with Crippen molar-refractivity contribution in [2.24, 2.45) is 0 Å². The van der Waals surface area contributed by atoms with Gasteiger partial charge in [-0.3, -0.25) is 0 Å². The summed E-state index contributed by atoms with van der Waals surface area (Å²) in [4.78, 5) is 5.19. The fraction of sp³-hybridized carbons (Fsp3) is 0.0526. The van der Waals surface area contributed by atoms with Crippen molar-refractivity contribution in [1.82, 2.24) is 9.13 Å². The van der Waals surface area contributed by atoms with Gasteiger partial charge in [0.05, 0.1) is 22.1 Å². The molecule has 2 nitrogen and oxygen atoms in total. The van der Waals surface area contributed by atoms with Gasteiger partial charge in [0.25, 0.3) is 0 Å². The highest BCUT2D eigenvalue weighted by molar-refractivity contribution is 8.34. The summed E-state index contributed by atoms with van der Waals surface area (Å²) in [6, 6.07) is 81.7. The summed E-state index contributed by atoms with van der Waals surface area (Å²) in [7, 11) is -2.13. The fourth-order valence-electron chi connectivity index (χ4n) is 10.4. The van der Waals surface area contributed by atoms with Gasteiger partial charge in [0.2, 0.25) is 0 Å². The standard InChI is InChI=1S/C57H42N2S/c1-57(2)50-32-15-12-28-44(50)48-37-49-46-30-14-16-33-52(46)58(54(49)38-51(48)57)40-22-18-27-43(36-40)60(41-23-8-4-9-24-41,42-25-10-5-11-26-42)55-35-19-31-47-45-29-13-17-34-53(45)59(56(47)55)39-20-6-3-7-21-39/h3-38H,1-2H3. The maximum absolute atomic E-state index is 2.52. The van der Waals surface area contributed by atoms with E-state index in [1.165, 1.54) is 85.4 Å². The normalized spacial score (nSPS) is 13.6. The molecule has 0 radical (unpaired) electrons. The first-order valence-electron chi connectivity index (χ1n) is 20.8. The summed E-state index contributed by atoms with van der Waals surface area (Å²) in [5.74, 6) is 0. The quantitative estimate of drug-likeness (QED) is 0.159. The molecule has 0 N–H and O–H groups in total. The smallest absolute Gasteiger partial charge is 0.0671 e. The Bertz CT molecular complexity index is 3410. The van der Waals surface area contributed by atoms with Crippen molar-refractivity contribution in [3.05, 3.63) is 230 Å². The first kappa shape index (κ1) is 34.9. The number of benzene rings is 9. The molecular formula is C57H42N2S. The predicted octanol–water partition coefficient (Wildman–Crippen LogP) is 15.5. The molecule has 0 saturated carbocycles. The summed E-state index contributed by atoms with van der Waals surface area (Å²) in [5, 5.41) is 5.06. The van der Waals surface area contributed by atoms with Crippen molar-refractivity contribution in [2.75, 3.05) is 0 Å². The Hall–Kier alpha value is -7.07. The SMILES string of the molecule is CC1(C)c2ccccc2-c2cc3c4ccccc4n(-c4cccc(S(c5ccccc5)(c5ccccc5)c5cccc6c7ccccc7n(-c7ccccc7)c56)c4)c3cc21. The van der Waals surface area contributed by atoms with Crippen LogP contribution in [-0.2, 0) is 5.41 Å². The van der Waals surface area contributed by atoms with E-state index in [9.17, 15) is 0 Å². The minimum atomic E-state index is -2.13. The Labute approximate surface area is 351 Å². The molecule has 0 fully saturated rings. The minimum absolute atomic E-state index is 0.112. The van der Waals surface area contributed by atoms with Gasteiger partial charge in [0, 0.05) is 57.9 Å². The topological polar surface area (TPSA) is 9.86 Å². The monoisotopic (exact) mass is 786 g/mol. The van der Waals surface area contributed by atoms with Crippen LogP contribution in [0.3, 0.4) is 0 Å². The highest BCUT2D eigenvalue weighted by atomic mass is 32.3. The van der Waals surface area contributed by atoms with E-state index in [1.54, 1.807) is 0 Å². The molecule has 3 heteroatoms. The molecule has 60 heavy (non-hydrogen) atoms. The minimum Gasteiger partial charge on any atom is -0.309 e. The zero-order chi connectivity index (χ0) is 40.0. The summed E-state index contributed by atoms with van der Waals surface area (Å²) < 4.78 is 5.03. The van der Waals surface area contributed by atoms with Gasteiger partial charge in [-0.15, -0.1) is 10.0 Å². The summed E-state index contributed by atoms with van der Waals surface area (Å²) >= 11 is 0. The van der Waals surface area contributed by atoms with Gasteiger partial charge in [-0.05, 0) is 107 Å². The van der Waals surface area contributed by atoms with E-state index in [2.05, 4.69) is 241 Å². The van der Waals surface area contributed by atoms with E-state index in [0.717, 1.165) is 11.4 Å². The molecule has 0 saturated heterocycles. The van der Waals surface area contributed by atoms with Crippen LogP contribution < -0.4 is 0 Å². The Morgan fingerprint density at radius 1 is 0.350 bits per heavy atom. The highest BCUT2D eigenvalue weighted by Gasteiger charge is 2.38. The predicted molar refractivity (Wildman–Crippen MR) is 253 cm³/mol. The van der Waals surface area contributed by atoms with Crippen LogP contribution in [0.4, 0.5) is 0 Å². The first-order valence-corrected chi connectivity index (χ1v) is 22.5. The second-order valence-corrected chi connectivity index (χ2v) is 19.6. The van der Waals surface area contributed by atoms with Crippen molar-refractivity contribution >= 4 is 53.6 Å². The molecule has 0 unspecified atom stereocenters. The Balaban J connectivity index is 1.20. The van der Waals surface area contributed by atoms with Gasteiger partial charge in [-0.2, -0.15) is 0 Å². The average molecular weight is 787 g/mol. The lowest BCUT2D eigenvalue weighted by Crippen LogP contribution is -2.15. The Morgan fingerprint density at radius 3 is 1.60 bits per heavy atom. The number of para-hydroxylation sites is 4. The number of nitrogens with zero attached hydrogens (tertiary/aromatic N) is 2. The lowest BCUT2D eigenvalue weighted by Gasteiger charge is -2.42. The number of hydrogen-bond donors (Lipinski definition) is 0. The maximum Gasteiger partial charge on any atom is 0.0671 e. The molecule has 1 aliphatic rings. The first-order chi connectivity index (χ1) is 29.5. The molecule has 0 aliphatic heterocycles. The van der Waals surface area contributed by atoms with Gasteiger partial charge in [-0.1, -0.05) is 147 Å². The number of aromatic nitrogens is 2. The third-order valence-corrected chi connectivity index (χ3v) is 16.9. The van der Waals surface area contributed by atoms with Crippen molar-refractivity contribution in [2.45, 2.75) is 38.8 Å². The van der Waals surface area contributed by atoms with Crippen LogP contribution in [0.2, 0.25) is 0 Å². The molecule has 9 aromatic carbocycles. The van der Waals surface area contributed by atoms with Gasteiger partial charge in [0.15, 0.2) is 0 Å². The van der Waals surface area contributed by atoms with E-state index in [-0.39, 0.29) is 5.41 Å². The van der Waals surface area contributed by atoms with Gasteiger partial charge in [-0.25, -0.2) is 0 Å².